The molecule has 0 bridgehead atoms. The van der Waals surface area contributed by atoms with E-state index in [4.69, 9.17) is 15.5 Å². The predicted octanol–water partition coefficient (Wildman–Crippen LogP) is 12.5. The first-order valence-electron chi connectivity index (χ1n) is 18.6. The van der Waals surface area contributed by atoms with Crippen molar-refractivity contribution in [3.8, 4) is 0 Å². The van der Waals surface area contributed by atoms with Crippen molar-refractivity contribution in [1.82, 2.24) is 15.0 Å². The Hall–Kier alpha value is -3.94. The summed E-state index contributed by atoms with van der Waals surface area (Å²) in [4.78, 5) is 18.2. The zero-order valence-corrected chi connectivity index (χ0v) is 36.6. The average molecular weight is 707 g/mol. The van der Waals surface area contributed by atoms with E-state index in [-0.39, 0.29) is 0 Å². The molecule has 0 atom stereocenters. The van der Waals surface area contributed by atoms with Crippen LogP contribution in [0, 0.1) is 47.0 Å². The van der Waals surface area contributed by atoms with Crippen LogP contribution in [0.25, 0.3) is 0 Å². The van der Waals surface area contributed by atoms with Gasteiger partial charge in [0.2, 0.25) is 0 Å². The second kappa shape index (κ2) is 26.8. The molecule has 0 fully saturated rings. The smallest absolute Gasteiger partial charge is 0.106 e. The molecule has 0 unspecified atom stereocenters. The van der Waals surface area contributed by atoms with Gasteiger partial charge in [0.15, 0.2) is 0 Å². The van der Waals surface area contributed by atoms with Crippen LogP contribution in [0.5, 0.6) is 0 Å². The van der Waals surface area contributed by atoms with Gasteiger partial charge in [-0.15, -0.1) is 0 Å². The molecule has 2 N–H and O–H groups in total. The molecule has 0 aliphatic heterocycles. The molecule has 0 amide bonds. The highest BCUT2D eigenvalue weighted by atomic mass is 16.6. The summed E-state index contributed by atoms with van der Waals surface area (Å²) in [7, 11) is 1.55. The number of hydrogen-bond donors (Lipinski definition) is 2. The monoisotopic (exact) mass is 707 g/mol. The first kappa shape index (κ1) is 51.4. The van der Waals surface area contributed by atoms with Gasteiger partial charge in [0, 0.05) is 17.1 Å². The van der Waals surface area contributed by atoms with Gasteiger partial charge in [-0.2, -0.15) is 0 Å². The molecule has 3 rings (SSSR count). The second-order valence-electron chi connectivity index (χ2n) is 12.6. The highest BCUT2D eigenvalue weighted by molar-refractivity contribution is 5.97. The first-order chi connectivity index (χ1) is 23.9. The van der Waals surface area contributed by atoms with Crippen molar-refractivity contribution in [3.63, 3.8) is 0 Å². The number of nitrogens with one attached hydrogen (secondary N) is 1. The lowest BCUT2D eigenvalue weighted by atomic mass is 9.96. The van der Waals surface area contributed by atoms with Gasteiger partial charge in [-0.1, -0.05) is 93.4 Å². The zero-order chi connectivity index (χ0) is 40.8. The Morgan fingerprint density at radius 1 is 0.569 bits per heavy atom. The van der Waals surface area contributed by atoms with Gasteiger partial charge < -0.3 is 15.5 Å². The molecule has 0 aliphatic carbocycles. The van der Waals surface area contributed by atoms with Crippen LogP contribution >= 0.6 is 0 Å². The average Bonchev–Trinajstić information content (AvgIpc) is 3.06. The highest BCUT2D eigenvalue weighted by Crippen LogP contribution is 2.24. The normalized spacial score (nSPS) is 10.7. The third-order valence-electron chi connectivity index (χ3n) is 7.60. The third kappa shape index (κ3) is 16.8. The van der Waals surface area contributed by atoms with Crippen LogP contribution in [-0.4, -0.2) is 44.4 Å². The van der Waals surface area contributed by atoms with Crippen LogP contribution in [0.1, 0.15) is 189 Å². The van der Waals surface area contributed by atoms with E-state index in [1.807, 2.05) is 81.4 Å². The lowest BCUT2D eigenvalue weighted by Crippen LogP contribution is -2.06. The SMILES string of the molecule is C/C(=N\O)c1cc(C)c(C(C)C)c(C)n1.CC.CC.CC.CC(=N)c1cc(C)c(C(C)C)c(C)n1.CO/N=C(\C)c1cc(C)c(C(C)C)c(C)n1. The molecule has 0 saturated heterocycles. The molecule has 0 aromatic carbocycles. The number of rotatable bonds is 7. The van der Waals surface area contributed by atoms with Crippen LogP contribution in [0.15, 0.2) is 28.5 Å². The molecule has 0 radical (unpaired) electrons. The minimum absolute atomic E-state index is 0.470. The van der Waals surface area contributed by atoms with E-state index in [9.17, 15) is 0 Å². The summed E-state index contributed by atoms with van der Waals surface area (Å²) in [6.45, 7) is 42.8. The second-order valence-corrected chi connectivity index (χ2v) is 12.6. The Morgan fingerprint density at radius 3 is 1.08 bits per heavy atom. The molecular weight excluding hydrogens is 633 g/mol. The molecular formula is C43H74N6O2. The van der Waals surface area contributed by atoms with Crippen molar-refractivity contribution in [1.29, 1.82) is 5.41 Å². The van der Waals surface area contributed by atoms with Crippen molar-refractivity contribution in [2.75, 3.05) is 7.11 Å². The zero-order valence-electron chi connectivity index (χ0n) is 36.6. The fraction of sp³-hybridized carbons (Fsp3) is 0.581. The van der Waals surface area contributed by atoms with E-state index in [1.165, 1.54) is 33.4 Å². The summed E-state index contributed by atoms with van der Waals surface area (Å²) in [6.07, 6.45) is 0. The van der Waals surface area contributed by atoms with Crippen molar-refractivity contribution < 1.29 is 10.0 Å². The van der Waals surface area contributed by atoms with Crippen molar-refractivity contribution in [2.24, 2.45) is 10.3 Å². The topological polar surface area (TPSA) is 117 Å². The Kier molecular flexibility index (Phi) is 27.0. The summed E-state index contributed by atoms with van der Waals surface area (Å²) in [6, 6.07) is 6.04. The number of oxime groups is 2. The maximum absolute atomic E-state index is 8.70. The maximum Gasteiger partial charge on any atom is 0.106 e. The minimum Gasteiger partial charge on any atom is -0.411 e. The lowest BCUT2D eigenvalue weighted by Gasteiger charge is -2.14. The quantitative estimate of drug-likeness (QED) is 0.144. The van der Waals surface area contributed by atoms with Crippen LogP contribution < -0.4 is 0 Å². The molecule has 51 heavy (non-hydrogen) atoms. The largest absolute Gasteiger partial charge is 0.411 e. The van der Waals surface area contributed by atoms with E-state index in [0.717, 1.165) is 39.9 Å². The Morgan fingerprint density at radius 2 is 0.843 bits per heavy atom. The van der Waals surface area contributed by atoms with Gasteiger partial charge in [-0.3, -0.25) is 15.0 Å². The molecule has 0 aliphatic rings. The highest BCUT2D eigenvalue weighted by Gasteiger charge is 2.13. The Labute approximate surface area is 313 Å². The van der Waals surface area contributed by atoms with Gasteiger partial charge in [0.1, 0.15) is 18.5 Å². The third-order valence-corrected chi connectivity index (χ3v) is 7.60. The maximum atomic E-state index is 8.70. The van der Waals surface area contributed by atoms with Crippen LogP contribution in [-0.2, 0) is 4.84 Å². The van der Waals surface area contributed by atoms with Crippen LogP contribution in [0.2, 0.25) is 0 Å². The number of nitrogens with zero attached hydrogens (tertiary/aromatic N) is 5. The van der Waals surface area contributed by atoms with Crippen molar-refractivity contribution in [3.05, 3.63) is 85.7 Å². The molecule has 8 nitrogen and oxygen atoms in total. The fourth-order valence-corrected chi connectivity index (χ4v) is 5.94. The van der Waals surface area contributed by atoms with E-state index in [2.05, 4.69) is 93.6 Å². The first-order valence-corrected chi connectivity index (χ1v) is 18.6. The molecule has 3 heterocycles. The summed E-state index contributed by atoms with van der Waals surface area (Å²) in [5.74, 6) is 1.47. The summed E-state index contributed by atoms with van der Waals surface area (Å²) in [5.41, 5.74) is 15.1. The van der Waals surface area contributed by atoms with E-state index in [1.54, 1.807) is 21.0 Å². The Bertz CT molecular complexity index is 1470. The summed E-state index contributed by atoms with van der Waals surface area (Å²) < 4.78 is 0. The van der Waals surface area contributed by atoms with Gasteiger partial charge in [0.25, 0.3) is 0 Å². The molecule has 0 saturated carbocycles. The standard InChI is InChI=1S/C13H20N2O.C12H18N2O.C12H18N2.3C2H6/c1-8(2)13-9(3)7-12(14-11(13)5)10(4)15-16-6;1-7(2)12-8(3)6-11(9(4)14-15)13-10(12)5;1-7(2)12-8(3)6-11(9(4)13)14-10(12)5;3*1-2/h7-8H,1-6H3;6-7,15H,1-5H3;6-7,13H,1-5H3;3*1-2H3/b15-10+;14-9+;;;;. The predicted molar refractivity (Wildman–Crippen MR) is 223 cm³/mol. The Balaban J connectivity index is -0.000000630. The molecule has 3 aromatic rings. The van der Waals surface area contributed by atoms with Gasteiger partial charge in [-0.05, 0) is 132 Å². The van der Waals surface area contributed by atoms with Gasteiger partial charge >= 0.3 is 0 Å². The number of aromatic nitrogens is 3. The van der Waals surface area contributed by atoms with E-state index < -0.39 is 0 Å². The van der Waals surface area contributed by atoms with Gasteiger partial charge in [-0.25, -0.2) is 0 Å². The summed E-state index contributed by atoms with van der Waals surface area (Å²) in [5, 5.41) is 23.3. The van der Waals surface area contributed by atoms with Crippen molar-refractivity contribution in [2.45, 2.75) is 163 Å². The lowest BCUT2D eigenvalue weighted by molar-refractivity contribution is 0.213. The van der Waals surface area contributed by atoms with E-state index >= 15 is 0 Å². The number of aryl methyl sites for hydroxylation is 6. The van der Waals surface area contributed by atoms with Crippen LogP contribution in [0.4, 0.5) is 0 Å². The number of pyridine rings is 3. The van der Waals surface area contributed by atoms with Crippen molar-refractivity contribution >= 4 is 17.1 Å². The number of hydrogen-bond acceptors (Lipinski definition) is 8. The van der Waals surface area contributed by atoms with Gasteiger partial charge in [0.05, 0.1) is 22.8 Å². The fourth-order valence-electron chi connectivity index (χ4n) is 5.94. The molecule has 3 aromatic heterocycles. The molecule has 0 spiro atoms. The minimum atomic E-state index is 0.470. The molecule has 288 valence electrons. The van der Waals surface area contributed by atoms with Crippen LogP contribution in [0.3, 0.4) is 0 Å². The summed E-state index contributed by atoms with van der Waals surface area (Å²) >= 11 is 0. The van der Waals surface area contributed by atoms with E-state index in [0.29, 0.717) is 29.2 Å². The molecule has 8 heteroatoms.